The van der Waals surface area contributed by atoms with Gasteiger partial charge in [0.2, 0.25) is 0 Å². The lowest BCUT2D eigenvalue weighted by Crippen LogP contribution is -2.52. The van der Waals surface area contributed by atoms with Gasteiger partial charge in [-0.05, 0) is 40.2 Å². The van der Waals surface area contributed by atoms with E-state index in [4.69, 9.17) is 0 Å². The van der Waals surface area contributed by atoms with Gasteiger partial charge in [0.25, 0.3) is 0 Å². The maximum Gasteiger partial charge on any atom is 0.0649 e. The molecular weight excluding hydrogens is 126 g/mol. The highest BCUT2D eigenvalue weighted by Gasteiger charge is 2.33. The Balaban J connectivity index is 2.56. The van der Waals surface area contributed by atoms with Crippen LogP contribution in [0, 0.1) is 0 Å². The zero-order chi connectivity index (χ0) is 7.83. The standard InChI is InChI=1S/C8H17NO/c1-7(2)6-8(3,10)4-5-9-7/h9-10H,4-6H2,1-3H3. The molecule has 1 atom stereocenters. The molecule has 0 aromatic heterocycles. The molecule has 1 fully saturated rings. The fraction of sp³-hybridized carbons (Fsp3) is 1.00. The van der Waals surface area contributed by atoms with Gasteiger partial charge >= 0.3 is 0 Å². The quantitative estimate of drug-likeness (QED) is 0.528. The minimum absolute atomic E-state index is 0.113. The minimum atomic E-state index is -0.450. The Hall–Kier alpha value is -0.0800. The average Bonchev–Trinajstić information content (AvgIpc) is 1.56. The molecule has 10 heavy (non-hydrogen) atoms. The molecule has 0 saturated carbocycles. The molecule has 0 aromatic carbocycles. The Bertz CT molecular complexity index is 115. The fourth-order valence-electron chi connectivity index (χ4n) is 1.77. The highest BCUT2D eigenvalue weighted by atomic mass is 16.3. The van der Waals surface area contributed by atoms with Crippen molar-refractivity contribution in [2.75, 3.05) is 6.54 Å². The lowest BCUT2D eigenvalue weighted by Gasteiger charge is -2.40. The third-order valence-corrected chi connectivity index (χ3v) is 2.09. The molecule has 1 unspecified atom stereocenters. The van der Waals surface area contributed by atoms with Gasteiger partial charge in [-0.3, -0.25) is 0 Å². The minimum Gasteiger partial charge on any atom is -0.390 e. The first kappa shape index (κ1) is 8.02. The summed E-state index contributed by atoms with van der Waals surface area (Å²) in [5.74, 6) is 0. The third-order valence-electron chi connectivity index (χ3n) is 2.09. The van der Waals surface area contributed by atoms with E-state index >= 15 is 0 Å². The number of nitrogens with one attached hydrogen (secondary N) is 1. The van der Waals surface area contributed by atoms with Crippen LogP contribution in [0.2, 0.25) is 0 Å². The van der Waals surface area contributed by atoms with Crippen LogP contribution >= 0.6 is 0 Å². The van der Waals surface area contributed by atoms with Crippen molar-refractivity contribution in [3.63, 3.8) is 0 Å². The van der Waals surface area contributed by atoms with Crippen LogP contribution in [0.15, 0.2) is 0 Å². The van der Waals surface area contributed by atoms with E-state index in [-0.39, 0.29) is 5.54 Å². The molecule has 60 valence electrons. The Labute approximate surface area is 62.6 Å². The summed E-state index contributed by atoms with van der Waals surface area (Å²) in [6.07, 6.45) is 1.72. The zero-order valence-electron chi connectivity index (χ0n) is 7.07. The van der Waals surface area contributed by atoms with E-state index in [1.807, 2.05) is 6.92 Å². The second-order valence-corrected chi connectivity index (χ2v) is 4.23. The van der Waals surface area contributed by atoms with Crippen LogP contribution < -0.4 is 5.32 Å². The smallest absolute Gasteiger partial charge is 0.0649 e. The summed E-state index contributed by atoms with van der Waals surface area (Å²) >= 11 is 0. The van der Waals surface area contributed by atoms with E-state index in [1.165, 1.54) is 0 Å². The lowest BCUT2D eigenvalue weighted by molar-refractivity contribution is -0.00413. The summed E-state index contributed by atoms with van der Waals surface area (Å²) in [6.45, 7) is 7.09. The number of hydrogen-bond donors (Lipinski definition) is 2. The van der Waals surface area contributed by atoms with Crippen molar-refractivity contribution in [2.24, 2.45) is 0 Å². The number of aliphatic hydroxyl groups is 1. The number of hydrogen-bond acceptors (Lipinski definition) is 2. The molecule has 2 heteroatoms. The molecule has 0 spiro atoms. The summed E-state index contributed by atoms with van der Waals surface area (Å²) in [5, 5.41) is 13.0. The van der Waals surface area contributed by atoms with Crippen molar-refractivity contribution < 1.29 is 5.11 Å². The lowest BCUT2D eigenvalue weighted by atomic mass is 9.82. The van der Waals surface area contributed by atoms with Crippen molar-refractivity contribution in [3.05, 3.63) is 0 Å². The average molecular weight is 143 g/mol. The Morgan fingerprint density at radius 2 is 1.90 bits per heavy atom. The maximum absolute atomic E-state index is 9.67. The number of piperidine rings is 1. The van der Waals surface area contributed by atoms with Crippen LogP contribution in [0.5, 0.6) is 0 Å². The highest BCUT2D eigenvalue weighted by Crippen LogP contribution is 2.26. The Morgan fingerprint density at radius 3 is 2.20 bits per heavy atom. The predicted octanol–water partition coefficient (Wildman–Crippen LogP) is 0.899. The van der Waals surface area contributed by atoms with Crippen molar-refractivity contribution in [1.29, 1.82) is 0 Å². The first-order valence-corrected chi connectivity index (χ1v) is 3.89. The Kier molecular flexibility index (Phi) is 1.77. The van der Waals surface area contributed by atoms with Crippen LogP contribution in [0.1, 0.15) is 33.6 Å². The van der Waals surface area contributed by atoms with E-state index in [2.05, 4.69) is 19.2 Å². The van der Waals surface area contributed by atoms with Gasteiger partial charge in [-0.25, -0.2) is 0 Å². The second kappa shape index (κ2) is 2.21. The molecule has 0 amide bonds. The summed E-state index contributed by atoms with van der Waals surface area (Å²) in [4.78, 5) is 0. The molecule has 1 heterocycles. The van der Waals surface area contributed by atoms with E-state index in [0.717, 1.165) is 19.4 Å². The van der Waals surface area contributed by atoms with Crippen LogP contribution in [-0.2, 0) is 0 Å². The summed E-state index contributed by atoms with van der Waals surface area (Å²) in [7, 11) is 0. The van der Waals surface area contributed by atoms with Crippen LogP contribution in [0.4, 0.5) is 0 Å². The second-order valence-electron chi connectivity index (χ2n) is 4.23. The third kappa shape index (κ3) is 1.96. The molecule has 1 aliphatic rings. The Morgan fingerprint density at radius 1 is 1.30 bits per heavy atom. The molecule has 0 radical (unpaired) electrons. The van der Waals surface area contributed by atoms with Gasteiger partial charge in [-0.1, -0.05) is 0 Å². The maximum atomic E-state index is 9.67. The first-order valence-electron chi connectivity index (χ1n) is 3.89. The van der Waals surface area contributed by atoms with E-state index in [1.54, 1.807) is 0 Å². The highest BCUT2D eigenvalue weighted by molar-refractivity contribution is 4.92. The van der Waals surface area contributed by atoms with Crippen LogP contribution in [-0.4, -0.2) is 22.8 Å². The molecule has 2 N–H and O–H groups in total. The van der Waals surface area contributed by atoms with E-state index in [0.29, 0.717) is 0 Å². The van der Waals surface area contributed by atoms with Crippen molar-refractivity contribution >= 4 is 0 Å². The molecule has 1 rings (SSSR count). The molecule has 0 bridgehead atoms. The van der Waals surface area contributed by atoms with Gasteiger partial charge in [-0.15, -0.1) is 0 Å². The van der Waals surface area contributed by atoms with Crippen molar-refractivity contribution in [3.8, 4) is 0 Å². The molecule has 0 aliphatic carbocycles. The summed E-state index contributed by atoms with van der Waals surface area (Å²) in [5.41, 5.74) is -0.337. The largest absolute Gasteiger partial charge is 0.390 e. The van der Waals surface area contributed by atoms with Gasteiger partial charge in [0.15, 0.2) is 0 Å². The van der Waals surface area contributed by atoms with E-state index in [9.17, 15) is 5.11 Å². The van der Waals surface area contributed by atoms with Gasteiger partial charge in [-0.2, -0.15) is 0 Å². The van der Waals surface area contributed by atoms with Crippen LogP contribution in [0.25, 0.3) is 0 Å². The first-order chi connectivity index (χ1) is 4.41. The summed E-state index contributed by atoms with van der Waals surface area (Å²) in [6, 6.07) is 0. The predicted molar refractivity (Wildman–Crippen MR) is 41.9 cm³/mol. The van der Waals surface area contributed by atoms with Gasteiger partial charge in [0.1, 0.15) is 0 Å². The summed E-state index contributed by atoms with van der Waals surface area (Å²) < 4.78 is 0. The van der Waals surface area contributed by atoms with Gasteiger partial charge < -0.3 is 10.4 Å². The molecule has 1 saturated heterocycles. The zero-order valence-corrected chi connectivity index (χ0v) is 7.07. The van der Waals surface area contributed by atoms with Crippen molar-refractivity contribution in [2.45, 2.75) is 44.8 Å². The monoisotopic (exact) mass is 143 g/mol. The van der Waals surface area contributed by atoms with E-state index < -0.39 is 5.60 Å². The molecule has 1 aliphatic heterocycles. The molecular formula is C8H17NO. The molecule has 2 nitrogen and oxygen atoms in total. The molecule has 0 aromatic rings. The van der Waals surface area contributed by atoms with Gasteiger partial charge in [0, 0.05) is 5.54 Å². The topological polar surface area (TPSA) is 32.3 Å². The van der Waals surface area contributed by atoms with Crippen LogP contribution in [0.3, 0.4) is 0 Å². The fourth-order valence-corrected chi connectivity index (χ4v) is 1.77. The van der Waals surface area contributed by atoms with Gasteiger partial charge in [0.05, 0.1) is 5.60 Å². The van der Waals surface area contributed by atoms with Crippen molar-refractivity contribution in [1.82, 2.24) is 5.32 Å². The normalized spacial score (nSPS) is 39.6. The SMILES string of the molecule is CC1(O)CCNC(C)(C)C1. The number of rotatable bonds is 0.